The largest absolute Gasteiger partial charge is 0.208 e. The molecule has 0 N–H and O–H groups in total. The molecule has 10 rings (SSSR count). The number of rotatable bonds is 6. The van der Waals surface area contributed by atoms with Crippen molar-refractivity contribution >= 4 is 32.3 Å². The third-order valence-corrected chi connectivity index (χ3v) is 10.3. The summed E-state index contributed by atoms with van der Waals surface area (Å²) < 4.78 is 0. The molecular formula is C51H33N3. The van der Waals surface area contributed by atoms with Gasteiger partial charge in [0.2, 0.25) is 0 Å². The third-order valence-electron chi connectivity index (χ3n) is 10.3. The van der Waals surface area contributed by atoms with Crippen molar-refractivity contribution in [3.8, 4) is 67.5 Å². The molecule has 1 heterocycles. The van der Waals surface area contributed by atoms with Crippen molar-refractivity contribution in [2.24, 2.45) is 0 Å². The van der Waals surface area contributed by atoms with Crippen LogP contribution in [0.4, 0.5) is 0 Å². The van der Waals surface area contributed by atoms with E-state index in [0.717, 1.165) is 44.5 Å². The summed E-state index contributed by atoms with van der Waals surface area (Å²) in [6.45, 7) is 0. The lowest BCUT2D eigenvalue weighted by Gasteiger charge is -2.13. The Balaban J connectivity index is 1.10. The van der Waals surface area contributed by atoms with E-state index < -0.39 is 0 Å². The van der Waals surface area contributed by atoms with Crippen molar-refractivity contribution in [2.75, 3.05) is 0 Å². The molecule has 54 heavy (non-hydrogen) atoms. The maximum atomic E-state index is 5.15. The molecule has 0 spiro atoms. The lowest BCUT2D eigenvalue weighted by Crippen LogP contribution is -2.01. The molecule has 9 aromatic carbocycles. The van der Waals surface area contributed by atoms with Crippen molar-refractivity contribution in [1.82, 2.24) is 15.0 Å². The van der Waals surface area contributed by atoms with Gasteiger partial charge in [0.05, 0.1) is 0 Å². The van der Waals surface area contributed by atoms with E-state index in [0.29, 0.717) is 17.5 Å². The van der Waals surface area contributed by atoms with Gasteiger partial charge in [0, 0.05) is 16.7 Å². The zero-order valence-electron chi connectivity index (χ0n) is 29.4. The maximum absolute atomic E-state index is 5.15. The van der Waals surface area contributed by atoms with Crippen LogP contribution in [0.15, 0.2) is 200 Å². The number of hydrogen-bond donors (Lipinski definition) is 0. The number of aromatic nitrogens is 3. The molecule has 3 nitrogen and oxygen atoms in total. The summed E-state index contributed by atoms with van der Waals surface area (Å²) in [4.78, 5) is 15.4. The lowest BCUT2D eigenvalue weighted by molar-refractivity contribution is 1.07. The van der Waals surface area contributed by atoms with Gasteiger partial charge in [-0.2, -0.15) is 0 Å². The Bertz CT molecular complexity index is 2940. The highest BCUT2D eigenvalue weighted by molar-refractivity contribution is 6.25. The summed E-state index contributed by atoms with van der Waals surface area (Å²) in [7, 11) is 0. The molecule has 252 valence electrons. The molecule has 0 saturated heterocycles. The highest BCUT2D eigenvalue weighted by Crippen LogP contribution is 2.38. The normalized spacial score (nSPS) is 11.3. The van der Waals surface area contributed by atoms with Crippen LogP contribution < -0.4 is 0 Å². The minimum Gasteiger partial charge on any atom is -0.208 e. The number of nitrogens with zero attached hydrogens (tertiary/aromatic N) is 3. The number of fused-ring (bicyclic) bond motifs is 6. The molecule has 0 atom stereocenters. The van der Waals surface area contributed by atoms with Crippen molar-refractivity contribution in [1.29, 1.82) is 0 Å². The highest BCUT2D eigenvalue weighted by Gasteiger charge is 2.17. The smallest absolute Gasteiger partial charge is 0.164 e. The van der Waals surface area contributed by atoms with Gasteiger partial charge in [0.15, 0.2) is 17.5 Å². The summed E-state index contributed by atoms with van der Waals surface area (Å²) in [5, 5.41) is 7.62. The van der Waals surface area contributed by atoms with Gasteiger partial charge >= 0.3 is 0 Å². The van der Waals surface area contributed by atoms with Gasteiger partial charge in [-0.05, 0) is 77.8 Å². The Labute approximate surface area is 313 Å². The predicted molar refractivity (Wildman–Crippen MR) is 225 cm³/mol. The van der Waals surface area contributed by atoms with E-state index in [2.05, 4.69) is 182 Å². The molecule has 0 unspecified atom stereocenters. The molecule has 0 aliphatic carbocycles. The summed E-state index contributed by atoms with van der Waals surface area (Å²) in [6.07, 6.45) is 0. The Morgan fingerprint density at radius 2 is 0.611 bits per heavy atom. The first-order chi connectivity index (χ1) is 26.8. The first kappa shape index (κ1) is 31.5. The molecule has 3 heteroatoms. The molecule has 0 saturated carbocycles. The summed E-state index contributed by atoms with van der Waals surface area (Å²) in [5.74, 6) is 1.90. The molecule has 0 fully saturated rings. The van der Waals surface area contributed by atoms with E-state index in [1.165, 1.54) is 37.9 Å². The monoisotopic (exact) mass is 687 g/mol. The van der Waals surface area contributed by atoms with E-state index in [1.807, 2.05) is 18.2 Å². The third kappa shape index (κ3) is 5.69. The van der Waals surface area contributed by atoms with Crippen molar-refractivity contribution in [3.63, 3.8) is 0 Å². The standard InChI is InChI=1S/C51H33N3/c1-3-14-34(15-4-1)38-18-13-19-40(32-38)50-52-49(53-51(54-50)47-25-12-7-20-41(47)36-16-5-2-6-17-36)37-28-26-35(27-29-37)39-30-31-46-44-23-9-8-21-42(44)43-22-10-11-24-45(43)48(46)33-39/h1-33H. The maximum Gasteiger partial charge on any atom is 0.164 e. The minimum atomic E-state index is 0.630. The average molecular weight is 688 g/mol. The van der Waals surface area contributed by atoms with Gasteiger partial charge in [0.1, 0.15) is 0 Å². The van der Waals surface area contributed by atoms with Crippen molar-refractivity contribution < 1.29 is 0 Å². The van der Waals surface area contributed by atoms with Crippen LogP contribution in [0, 0.1) is 0 Å². The van der Waals surface area contributed by atoms with Crippen LogP contribution >= 0.6 is 0 Å². The van der Waals surface area contributed by atoms with E-state index >= 15 is 0 Å². The average Bonchev–Trinajstić information content (AvgIpc) is 3.27. The van der Waals surface area contributed by atoms with Gasteiger partial charge in [-0.1, -0.05) is 188 Å². The predicted octanol–water partition coefficient (Wildman–Crippen LogP) is 13.3. The van der Waals surface area contributed by atoms with Gasteiger partial charge in [-0.25, -0.2) is 15.0 Å². The molecule has 0 aliphatic heterocycles. The molecule has 0 amide bonds. The molecule has 0 radical (unpaired) electrons. The fourth-order valence-corrected chi connectivity index (χ4v) is 7.67. The molecule has 1 aromatic heterocycles. The Hall–Kier alpha value is -7.23. The minimum absolute atomic E-state index is 0.630. The Morgan fingerprint density at radius 1 is 0.204 bits per heavy atom. The van der Waals surface area contributed by atoms with Crippen LogP contribution in [-0.4, -0.2) is 15.0 Å². The fraction of sp³-hybridized carbons (Fsp3) is 0. The van der Waals surface area contributed by atoms with E-state index in [1.54, 1.807) is 0 Å². The van der Waals surface area contributed by atoms with Gasteiger partial charge in [-0.3, -0.25) is 0 Å². The van der Waals surface area contributed by atoms with Crippen LogP contribution in [0.25, 0.3) is 99.9 Å². The number of hydrogen-bond acceptors (Lipinski definition) is 3. The lowest BCUT2D eigenvalue weighted by atomic mass is 9.92. The summed E-state index contributed by atoms with van der Waals surface area (Å²) in [6, 6.07) is 70.5. The van der Waals surface area contributed by atoms with Crippen LogP contribution in [-0.2, 0) is 0 Å². The van der Waals surface area contributed by atoms with Crippen LogP contribution in [0.3, 0.4) is 0 Å². The summed E-state index contributed by atoms with van der Waals surface area (Å²) in [5.41, 5.74) is 9.58. The van der Waals surface area contributed by atoms with Gasteiger partial charge in [-0.15, -0.1) is 0 Å². The topological polar surface area (TPSA) is 38.7 Å². The summed E-state index contributed by atoms with van der Waals surface area (Å²) >= 11 is 0. The van der Waals surface area contributed by atoms with Crippen molar-refractivity contribution in [2.45, 2.75) is 0 Å². The second-order valence-electron chi connectivity index (χ2n) is 13.6. The van der Waals surface area contributed by atoms with Crippen LogP contribution in [0.2, 0.25) is 0 Å². The highest BCUT2D eigenvalue weighted by atomic mass is 15.0. The van der Waals surface area contributed by atoms with Gasteiger partial charge in [0.25, 0.3) is 0 Å². The SMILES string of the molecule is c1ccc(-c2cccc(-c3nc(-c4ccc(-c5ccc6c7ccccc7c7ccccc7c6c5)cc4)nc(-c4ccccc4-c4ccccc4)n3)c2)cc1. The van der Waals surface area contributed by atoms with Gasteiger partial charge < -0.3 is 0 Å². The van der Waals surface area contributed by atoms with E-state index in [9.17, 15) is 0 Å². The van der Waals surface area contributed by atoms with Crippen LogP contribution in [0.5, 0.6) is 0 Å². The molecule has 0 bridgehead atoms. The fourth-order valence-electron chi connectivity index (χ4n) is 7.67. The van der Waals surface area contributed by atoms with E-state index in [-0.39, 0.29) is 0 Å². The van der Waals surface area contributed by atoms with E-state index in [4.69, 9.17) is 15.0 Å². The molecule has 10 aromatic rings. The second kappa shape index (κ2) is 13.4. The Kier molecular flexibility index (Phi) is 7.81. The van der Waals surface area contributed by atoms with Crippen LogP contribution in [0.1, 0.15) is 0 Å². The first-order valence-electron chi connectivity index (χ1n) is 18.3. The zero-order chi connectivity index (χ0) is 35.8. The first-order valence-corrected chi connectivity index (χ1v) is 18.3. The zero-order valence-corrected chi connectivity index (χ0v) is 29.4. The van der Waals surface area contributed by atoms with Crippen molar-refractivity contribution in [3.05, 3.63) is 200 Å². The molecule has 0 aliphatic rings. The number of benzene rings is 9. The molecular weight excluding hydrogens is 655 g/mol. The quantitative estimate of drug-likeness (QED) is 0.163. The second-order valence-corrected chi connectivity index (χ2v) is 13.6. The Morgan fingerprint density at radius 3 is 1.28 bits per heavy atom.